The number of amides is 2. The van der Waals surface area contributed by atoms with Crippen LogP contribution in [-0.4, -0.2) is 29.8 Å². The minimum atomic E-state index is -4.47. The molecule has 2 amide bonds. The third-order valence-corrected chi connectivity index (χ3v) is 3.09. The highest BCUT2D eigenvalue weighted by atomic mass is 19.4. The first-order valence-corrected chi connectivity index (χ1v) is 7.77. The average molecular weight is 360 g/mol. The van der Waals surface area contributed by atoms with Crippen LogP contribution in [0.3, 0.4) is 0 Å². The Morgan fingerprint density at radius 2 is 1.60 bits per heavy atom. The lowest BCUT2D eigenvalue weighted by Gasteiger charge is -2.19. The Balaban J connectivity index is 2.48. The van der Waals surface area contributed by atoms with E-state index < -0.39 is 29.8 Å². The second-order valence-electron chi connectivity index (χ2n) is 6.68. The number of benzene rings is 1. The van der Waals surface area contributed by atoms with Crippen LogP contribution in [0.4, 0.5) is 18.0 Å². The zero-order chi connectivity index (χ0) is 19.3. The van der Waals surface area contributed by atoms with Gasteiger partial charge in [-0.15, -0.1) is 0 Å². The lowest BCUT2D eigenvalue weighted by atomic mass is 10.1. The lowest BCUT2D eigenvalue weighted by Crippen LogP contribution is -2.43. The highest BCUT2D eigenvalue weighted by Gasteiger charge is 2.36. The standard InChI is InChI=1S/C17H23F3N2O3/c1-11(17(18,19)20)22-14(23)9-12-5-7-13(8-6-12)10-21-15(24)25-16(2,3)4/h5-8,11H,9-10H2,1-4H3,(H,21,24)(H,22,23). The van der Waals surface area contributed by atoms with E-state index in [4.69, 9.17) is 4.74 Å². The number of hydrogen-bond acceptors (Lipinski definition) is 3. The SMILES string of the molecule is CC(NC(=O)Cc1ccc(CNC(=O)OC(C)(C)C)cc1)C(F)(F)F. The van der Waals surface area contributed by atoms with Crippen LogP contribution in [0, 0.1) is 0 Å². The van der Waals surface area contributed by atoms with Crippen molar-refractivity contribution >= 4 is 12.0 Å². The molecule has 1 atom stereocenters. The number of rotatable bonds is 5. The summed E-state index contributed by atoms with van der Waals surface area (Å²) in [6, 6.07) is 4.74. The normalized spacial score (nSPS) is 13.1. The molecule has 0 radical (unpaired) electrons. The molecule has 0 saturated carbocycles. The molecule has 1 unspecified atom stereocenters. The maximum Gasteiger partial charge on any atom is 0.408 e. The lowest BCUT2D eigenvalue weighted by molar-refractivity contribution is -0.157. The van der Waals surface area contributed by atoms with E-state index in [1.54, 1.807) is 45.0 Å². The van der Waals surface area contributed by atoms with Gasteiger partial charge in [-0.3, -0.25) is 4.79 Å². The maximum atomic E-state index is 12.4. The number of alkyl carbamates (subject to hydrolysis) is 1. The summed E-state index contributed by atoms with van der Waals surface area (Å²) in [5.41, 5.74) is 0.765. The van der Waals surface area contributed by atoms with Crippen molar-refractivity contribution in [1.29, 1.82) is 0 Å². The molecule has 0 aromatic heterocycles. The number of halogens is 3. The zero-order valence-electron chi connectivity index (χ0n) is 14.7. The molecule has 2 N–H and O–H groups in total. The molecule has 0 aliphatic rings. The number of carbonyl (C=O) groups excluding carboxylic acids is 2. The minimum absolute atomic E-state index is 0.153. The van der Waals surface area contributed by atoms with Crippen LogP contribution in [-0.2, 0) is 22.5 Å². The van der Waals surface area contributed by atoms with Crippen LogP contribution >= 0.6 is 0 Å². The van der Waals surface area contributed by atoms with Gasteiger partial charge >= 0.3 is 12.3 Å². The molecule has 0 bridgehead atoms. The van der Waals surface area contributed by atoms with E-state index in [9.17, 15) is 22.8 Å². The van der Waals surface area contributed by atoms with Gasteiger partial charge in [0.15, 0.2) is 0 Å². The van der Waals surface area contributed by atoms with Gasteiger partial charge in [0.2, 0.25) is 5.91 Å². The first-order valence-electron chi connectivity index (χ1n) is 7.77. The van der Waals surface area contributed by atoms with Gasteiger partial charge in [-0.2, -0.15) is 13.2 Å². The molecular weight excluding hydrogens is 337 g/mol. The Morgan fingerprint density at radius 1 is 1.08 bits per heavy atom. The van der Waals surface area contributed by atoms with Gasteiger partial charge < -0.3 is 15.4 Å². The fraction of sp³-hybridized carbons (Fsp3) is 0.529. The first-order chi connectivity index (χ1) is 11.4. The molecule has 0 heterocycles. The number of hydrogen-bond donors (Lipinski definition) is 2. The van der Waals surface area contributed by atoms with E-state index in [0.717, 1.165) is 12.5 Å². The molecule has 0 spiro atoms. The zero-order valence-corrected chi connectivity index (χ0v) is 14.7. The number of nitrogens with one attached hydrogen (secondary N) is 2. The van der Waals surface area contributed by atoms with Gasteiger partial charge in [0.05, 0.1) is 6.42 Å². The van der Waals surface area contributed by atoms with E-state index in [1.165, 1.54) is 0 Å². The number of carbonyl (C=O) groups is 2. The largest absolute Gasteiger partial charge is 0.444 e. The minimum Gasteiger partial charge on any atom is -0.444 e. The van der Waals surface area contributed by atoms with Crippen molar-refractivity contribution in [1.82, 2.24) is 10.6 Å². The second-order valence-corrected chi connectivity index (χ2v) is 6.68. The molecule has 140 valence electrons. The van der Waals surface area contributed by atoms with E-state index in [-0.39, 0.29) is 13.0 Å². The third kappa shape index (κ3) is 8.42. The predicted molar refractivity (Wildman–Crippen MR) is 86.9 cm³/mol. The van der Waals surface area contributed by atoms with Crippen molar-refractivity contribution < 1.29 is 27.5 Å². The summed E-state index contributed by atoms with van der Waals surface area (Å²) >= 11 is 0. The number of alkyl halides is 3. The molecule has 1 aromatic carbocycles. The Morgan fingerprint density at radius 3 is 2.08 bits per heavy atom. The number of ether oxygens (including phenoxy) is 1. The fourth-order valence-electron chi connectivity index (χ4n) is 1.82. The van der Waals surface area contributed by atoms with Crippen molar-refractivity contribution in [3.8, 4) is 0 Å². The van der Waals surface area contributed by atoms with Crippen LogP contribution in [0.25, 0.3) is 0 Å². The van der Waals surface area contributed by atoms with Crippen molar-refractivity contribution in [2.75, 3.05) is 0 Å². The van der Waals surface area contributed by atoms with Gasteiger partial charge in [-0.05, 0) is 38.8 Å². The molecular formula is C17H23F3N2O3. The van der Waals surface area contributed by atoms with E-state index in [0.29, 0.717) is 5.56 Å². The summed E-state index contributed by atoms with van der Waals surface area (Å²) in [5.74, 6) is -0.704. The second kappa shape index (κ2) is 8.22. The van der Waals surface area contributed by atoms with Gasteiger partial charge in [0, 0.05) is 6.54 Å². The van der Waals surface area contributed by atoms with Crippen molar-refractivity contribution in [2.45, 2.75) is 58.5 Å². The molecule has 8 heteroatoms. The summed E-state index contributed by atoms with van der Waals surface area (Å²) in [7, 11) is 0. The van der Waals surface area contributed by atoms with E-state index in [2.05, 4.69) is 5.32 Å². The Bertz CT molecular complexity index is 593. The van der Waals surface area contributed by atoms with Crippen molar-refractivity contribution in [3.63, 3.8) is 0 Å². The van der Waals surface area contributed by atoms with Crippen LogP contribution in [0.1, 0.15) is 38.8 Å². The van der Waals surface area contributed by atoms with Crippen LogP contribution in [0.15, 0.2) is 24.3 Å². The highest BCUT2D eigenvalue weighted by molar-refractivity contribution is 5.78. The van der Waals surface area contributed by atoms with E-state index >= 15 is 0 Å². The van der Waals surface area contributed by atoms with Crippen molar-refractivity contribution in [3.05, 3.63) is 35.4 Å². The first kappa shape index (κ1) is 20.8. The topological polar surface area (TPSA) is 67.4 Å². The van der Waals surface area contributed by atoms with Gasteiger partial charge in [0.1, 0.15) is 11.6 Å². The van der Waals surface area contributed by atoms with Gasteiger partial charge in [-0.1, -0.05) is 24.3 Å². The fourth-order valence-corrected chi connectivity index (χ4v) is 1.82. The van der Waals surface area contributed by atoms with Crippen LogP contribution in [0.5, 0.6) is 0 Å². The summed E-state index contributed by atoms with van der Waals surface area (Å²) in [6.45, 7) is 6.40. The van der Waals surface area contributed by atoms with Crippen molar-refractivity contribution in [2.24, 2.45) is 0 Å². The molecule has 5 nitrogen and oxygen atoms in total. The van der Waals surface area contributed by atoms with Crippen LogP contribution in [0.2, 0.25) is 0 Å². The molecule has 1 rings (SSSR count). The van der Waals surface area contributed by atoms with Crippen LogP contribution < -0.4 is 10.6 Å². The smallest absolute Gasteiger partial charge is 0.408 e. The highest BCUT2D eigenvalue weighted by Crippen LogP contribution is 2.19. The Hall–Kier alpha value is -2.25. The molecule has 25 heavy (non-hydrogen) atoms. The Kier molecular flexibility index (Phi) is 6.84. The molecule has 0 aliphatic heterocycles. The molecule has 0 saturated heterocycles. The van der Waals surface area contributed by atoms with Gasteiger partial charge in [0.25, 0.3) is 0 Å². The maximum absolute atomic E-state index is 12.4. The molecule has 0 fully saturated rings. The Labute approximate surface area is 144 Å². The third-order valence-electron chi connectivity index (χ3n) is 3.09. The van der Waals surface area contributed by atoms with Gasteiger partial charge in [-0.25, -0.2) is 4.79 Å². The van der Waals surface area contributed by atoms with E-state index in [1.807, 2.05) is 5.32 Å². The molecule has 1 aromatic rings. The summed E-state index contributed by atoms with van der Waals surface area (Å²) < 4.78 is 42.3. The quantitative estimate of drug-likeness (QED) is 0.846. The predicted octanol–water partition coefficient (Wildman–Crippen LogP) is 3.32. The summed E-state index contributed by atoms with van der Waals surface area (Å²) in [5, 5.41) is 4.50. The monoisotopic (exact) mass is 360 g/mol. The summed E-state index contributed by atoms with van der Waals surface area (Å²) in [4.78, 5) is 23.2. The summed E-state index contributed by atoms with van der Waals surface area (Å²) in [6.07, 6.45) is -5.16. The average Bonchev–Trinajstić information content (AvgIpc) is 2.43. The molecule has 0 aliphatic carbocycles.